The number of ether oxygens (including phenoxy) is 1. The number of aliphatic carboxylic acids is 1. The Morgan fingerprint density at radius 1 is 1.30 bits per heavy atom. The molecule has 7 nitrogen and oxygen atoms in total. The molecule has 0 radical (unpaired) electrons. The van der Waals surface area contributed by atoms with Crippen LogP contribution >= 0.6 is 11.8 Å². The predicted molar refractivity (Wildman–Crippen MR) is 102 cm³/mol. The third-order valence-corrected chi connectivity index (χ3v) is 4.62. The number of rotatable bonds is 8. The van der Waals surface area contributed by atoms with Crippen LogP contribution in [0.15, 0.2) is 35.4 Å². The predicted octanol–water partition coefficient (Wildman–Crippen LogP) is 3.33. The van der Waals surface area contributed by atoms with Gasteiger partial charge in [0.1, 0.15) is 23.4 Å². The molecule has 0 aliphatic rings. The van der Waals surface area contributed by atoms with E-state index < -0.39 is 41.5 Å². The Morgan fingerprint density at radius 3 is 2.50 bits per heavy atom. The van der Waals surface area contributed by atoms with Crippen molar-refractivity contribution in [3.8, 4) is 23.1 Å². The number of pyridine rings is 1. The fraction of sp³-hybridized carbons (Fsp3) is 0.263. The zero-order chi connectivity index (χ0) is 22.3. The van der Waals surface area contributed by atoms with Crippen molar-refractivity contribution in [3.05, 3.63) is 41.5 Å². The first-order valence-electron chi connectivity index (χ1n) is 8.52. The van der Waals surface area contributed by atoms with E-state index in [0.717, 1.165) is 6.07 Å². The van der Waals surface area contributed by atoms with Crippen molar-refractivity contribution in [3.63, 3.8) is 0 Å². The highest BCUT2D eigenvalue weighted by atomic mass is 32.2. The fourth-order valence-corrected chi connectivity index (χ4v) is 3.19. The van der Waals surface area contributed by atoms with Gasteiger partial charge in [-0.25, -0.2) is 4.98 Å². The number of carboxylic acids is 1. The van der Waals surface area contributed by atoms with Gasteiger partial charge in [-0.05, 0) is 37.3 Å². The summed E-state index contributed by atoms with van der Waals surface area (Å²) in [4.78, 5) is 26.3. The lowest BCUT2D eigenvalue weighted by Gasteiger charge is -2.14. The Hall–Kier alpha value is -3.26. The first kappa shape index (κ1) is 23.0. The summed E-state index contributed by atoms with van der Waals surface area (Å²) in [7, 11) is 0. The highest BCUT2D eigenvalue weighted by molar-refractivity contribution is 8.00. The van der Waals surface area contributed by atoms with Crippen molar-refractivity contribution in [1.82, 2.24) is 10.3 Å². The van der Waals surface area contributed by atoms with E-state index in [4.69, 9.17) is 9.84 Å². The third kappa shape index (κ3) is 6.12. The van der Waals surface area contributed by atoms with Crippen molar-refractivity contribution >= 4 is 23.6 Å². The zero-order valence-corrected chi connectivity index (χ0v) is 16.4. The number of thioether (sulfide) groups is 1. The van der Waals surface area contributed by atoms with Crippen LogP contribution in [0.4, 0.5) is 13.2 Å². The molecule has 1 heterocycles. The number of benzene rings is 1. The summed E-state index contributed by atoms with van der Waals surface area (Å²) in [6.45, 7) is 1.59. The van der Waals surface area contributed by atoms with E-state index in [1.165, 1.54) is 18.2 Å². The van der Waals surface area contributed by atoms with Gasteiger partial charge in [-0.3, -0.25) is 9.59 Å². The van der Waals surface area contributed by atoms with Crippen molar-refractivity contribution in [2.75, 3.05) is 18.9 Å². The Morgan fingerprint density at radius 2 is 1.97 bits per heavy atom. The van der Waals surface area contributed by atoms with Crippen molar-refractivity contribution in [1.29, 1.82) is 5.26 Å². The van der Waals surface area contributed by atoms with Crippen molar-refractivity contribution in [2.24, 2.45) is 0 Å². The lowest BCUT2D eigenvalue weighted by molar-refractivity contribution is -0.138. The molecule has 30 heavy (non-hydrogen) atoms. The molecule has 1 aromatic heterocycles. The largest absolute Gasteiger partial charge is 0.494 e. The minimum absolute atomic E-state index is 0.0298. The number of amides is 1. The topological polar surface area (TPSA) is 112 Å². The number of carboxylic acid groups (broad SMARTS) is 1. The summed E-state index contributed by atoms with van der Waals surface area (Å²) in [6, 6.07) is 8.51. The van der Waals surface area contributed by atoms with Gasteiger partial charge < -0.3 is 15.2 Å². The summed E-state index contributed by atoms with van der Waals surface area (Å²) in [5, 5.41) is 19.6. The van der Waals surface area contributed by atoms with Gasteiger partial charge in [-0.2, -0.15) is 18.4 Å². The van der Waals surface area contributed by atoms with Gasteiger partial charge in [0.25, 0.3) is 0 Å². The molecule has 1 aromatic carbocycles. The van der Waals surface area contributed by atoms with Gasteiger partial charge in [-0.1, -0.05) is 11.8 Å². The molecule has 158 valence electrons. The number of carbonyl (C=O) groups is 2. The second kappa shape index (κ2) is 9.98. The number of aromatic nitrogens is 1. The summed E-state index contributed by atoms with van der Waals surface area (Å²) >= 11 is 0.619. The van der Waals surface area contributed by atoms with E-state index in [0.29, 0.717) is 29.7 Å². The third-order valence-electron chi connectivity index (χ3n) is 3.64. The Kier molecular flexibility index (Phi) is 7.66. The van der Waals surface area contributed by atoms with Crippen LogP contribution < -0.4 is 10.1 Å². The molecule has 2 aromatic rings. The van der Waals surface area contributed by atoms with Crippen LogP contribution in [0.3, 0.4) is 0 Å². The molecule has 0 spiro atoms. The number of alkyl halides is 3. The van der Waals surface area contributed by atoms with E-state index in [-0.39, 0.29) is 10.7 Å². The zero-order valence-electron chi connectivity index (χ0n) is 15.6. The van der Waals surface area contributed by atoms with Crippen LogP contribution in [0.25, 0.3) is 11.3 Å². The maximum Gasteiger partial charge on any atom is 0.417 e. The summed E-state index contributed by atoms with van der Waals surface area (Å²) < 4.78 is 45.9. The molecule has 1 amide bonds. The SMILES string of the molecule is CCOc1ccc(-c2cc(C(F)(F)F)c(C#N)c(SCC(=O)NCC(=O)O)n2)cc1. The minimum Gasteiger partial charge on any atom is -0.494 e. The Labute approximate surface area is 173 Å². The van der Waals surface area contributed by atoms with Gasteiger partial charge in [0.05, 0.1) is 29.2 Å². The quantitative estimate of drug-likeness (QED) is 0.607. The standard InChI is InChI=1S/C19H16F3N3O4S/c1-2-29-12-5-3-11(4-6-12)15-7-14(19(20,21)22)13(8-23)18(25-15)30-10-16(26)24-9-17(27)28/h3-7H,2,9-10H2,1H3,(H,24,26)(H,27,28). The highest BCUT2D eigenvalue weighted by Crippen LogP contribution is 2.38. The van der Waals surface area contributed by atoms with Gasteiger partial charge in [0, 0.05) is 5.56 Å². The number of nitriles is 1. The van der Waals surface area contributed by atoms with E-state index in [1.807, 2.05) is 0 Å². The molecule has 11 heteroatoms. The van der Waals surface area contributed by atoms with E-state index in [9.17, 15) is 28.0 Å². The Bertz CT molecular complexity index is 973. The summed E-state index contributed by atoms with van der Waals surface area (Å²) in [5.74, 6) is -1.84. The fourth-order valence-electron chi connectivity index (χ4n) is 2.35. The molecule has 0 aliphatic carbocycles. The molecule has 0 bridgehead atoms. The van der Waals surface area contributed by atoms with Gasteiger partial charge in [0.15, 0.2) is 0 Å². The number of carbonyl (C=O) groups excluding carboxylic acids is 1. The molecular formula is C19H16F3N3O4S. The van der Waals surface area contributed by atoms with Gasteiger partial charge in [-0.15, -0.1) is 0 Å². The molecule has 0 atom stereocenters. The average molecular weight is 439 g/mol. The lowest BCUT2D eigenvalue weighted by Crippen LogP contribution is -2.30. The normalized spacial score (nSPS) is 10.9. The van der Waals surface area contributed by atoms with Gasteiger partial charge in [0.2, 0.25) is 5.91 Å². The second-order valence-corrected chi connectivity index (χ2v) is 6.73. The number of halogens is 3. The van der Waals surface area contributed by atoms with E-state index in [1.54, 1.807) is 19.1 Å². The van der Waals surface area contributed by atoms with Crippen LogP contribution in [0.5, 0.6) is 5.75 Å². The molecule has 0 fully saturated rings. The van der Waals surface area contributed by atoms with Crippen molar-refractivity contribution < 1.29 is 32.6 Å². The Balaban J connectivity index is 2.41. The number of hydrogen-bond donors (Lipinski definition) is 2. The molecule has 0 saturated carbocycles. The smallest absolute Gasteiger partial charge is 0.417 e. The lowest BCUT2D eigenvalue weighted by atomic mass is 10.1. The van der Waals surface area contributed by atoms with Crippen LogP contribution in [-0.2, 0) is 15.8 Å². The molecule has 2 N–H and O–H groups in total. The highest BCUT2D eigenvalue weighted by Gasteiger charge is 2.36. The number of nitrogens with zero attached hydrogens (tertiary/aromatic N) is 2. The molecule has 2 rings (SSSR count). The monoisotopic (exact) mass is 439 g/mol. The number of hydrogen-bond acceptors (Lipinski definition) is 6. The van der Waals surface area contributed by atoms with E-state index in [2.05, 4.69) is 10.3 Å². The summed E-state index contributed by atoms with van der Waals surface area (Å²) in [5.41, 5.74) is -1.53. The molecule has 0 aliphatic heterocycles. The second-order valence-electron chi connectivity index (χ2n) is 5.76. The first-order valence-corrected chi connectivity index (χ1v) is 9.51. The number of nitrogens with one attached hydrogen (secondary N) is 1. The maximum absolute atomic E-state index is 13.5. The summed E-state index contributed by atoms with van der Waals surface area (Å²) in [6.07, 6.45) is -4.81. The maximum atomic E-state index is 13.5. The van der Waals surface area contributed by atoms with Crippen LogP contribution in [0.1, 0.15) is 18.1 Å². The van der Waals surface area contributed by atoms with Crippen LogP contribution in [-0.4, -0.2) is 40.9 Å². The van der Waals surface area contributed by atoms with Crippen LogP contribution in [0, 0.1) is 11.3 Å². The van der Waals surface area contributed by atoms with Crippen LogP contribution in [0.2, 0.25) is 0 Å². The molecule has 0 saturated heterocycles. The molecule has 0 unspecified atom stereocenters. The molecular weight excluding hydrogens is 423 g/mol. The van der Waals surface area contributed by atoms with E-state index >= 15 is 0 Å². The van der Waals surface area contributed by atoms with Crippen molar-refractivity contribution in [2.45, 2.75) is 18.1 Å². The minimum atomic E-state index is -4.81. The first-order chi connectivity index (χ1) is 14.2. The van der Waals surface area contributed by atoms with Gasteiger partial charge >= 0.3 is 12.1 Å². The average Bonchev–Trinajstić information content (AvgIpc) is 2.70.